The zero-order valence-corrected chi connectivity index (χ0v) is 10.2. The van der Waals surface area contributed by atoms with Gasteiger partial charge >= 0.3 is 5.97 Å². The lowest BCUT2D eigenvalue weighted by atomic mass is 9.85. The quantitative estimate of drug-likeness (QED) is 0.908. The Balaban J connectivity index is 2.04. The first-order chi connectivity index (χ1) is 8.72. The van der Waals surface area contributed by atoms with Crippen molar-refractivity contribution in [1.82, 2.24) is 9.97 Å². The molecule has 0 aromatic carbocycles. The number of rotatable bonds is 3. The van der Waals surface area contributed by atoms with E-state index >= 15 is 0 Å². The monoisotopic (exact) mass is 262 g/mol. The molecule has 92 valence electrons. The van der Waals surface area contributed by atoms with Crippen LogP contribution in [-0.4, -0.2) is 34.3 Å². The Morgan fingerprint density at radius 2 is 2.28 bits per heavy atom. The van der Waals surface area contributed by atoms with Gasteiger partial charge in [-0.05, 0) is 17.5 Å². The molecular weight excluding hydrogens is 252 g/mol. The van der Waals surface area contributed by atoms with E-state index in [1.807, 2.05) is 17.5 Å². The lowest BCUT2D eigenvalue weighted by molar-refractivity contribution is -0.164. The number of carbonyl (C=O) groups is 1. The summed E-state index contributed by atoms with van der Waals surface area (Å²) in [5, 5.41) is 11.3. The normalized spacial score (nSPS) is 17.1. The Morgan fingerprint density at radius 3 is 2.83 bits per heavy atom. The third-order valence-corrected chi connectivity index (χ3v) is 3.86. The van der Waals surface area contributed by atoms with Crippen LogP contribution in [0.15, 0.2) is 29.8 Å². The number of hydrogen-bond acceptors (Lipinski definition) is 5. The van der Waals surface area contributed by atoms with Gasteiger partial charge in [-0.3, -0.25) is 4.79 Å². The second kappa shape index (κ2) is 4.15. The molecule has 0 aliphatic carbocycles. The molecule has 1 fully saturated rings. The highest BCUT2D eigenvalue weighted by Gasteiger charge is 2.50. The SMILES string of the molecule is O=C(O)C1(c2nccc(-c3cccs3)n2)COC1. The standard InChI is InChI=1S/C12H10N2O3S/c15-11(16)12(6-17-7-12)10-13-4-3-8(14-10)9-2-1-5-18-9/h1-5H,6-7H2,(H,15,16). The van der Waals surface area contributed by atoms with Crippen LogP contribution in [0.3, 0.4) is 0 Å². The zero-order valence-electron chi connectivity index (χ0n) is 9.37. The molecule has 0 spiro atoms. The number of nitrogens with zero attached hydrogens (tertiary/aromatic N) is 2. The van der Waals surface area contributed by atoms with Gasteiger partial charge in [0.1, 0.15) is 0 Å². The van der Waals surface area contributed by atoms with Gasteiger partial charge in [0.25, 0.3) is 0 Å². The van der Waals surface area contributed by atoms with Crippen LogP contribution in [0, 0.1) is 0 Å². The fraction of sp³-hybridized carbons (Fsp3) is 0.250. The van der Waals surface area contributed by atoms with Gasteiger partial charge in [-0.15, -0.1) is 11.3 Å². The molecule has 3 heterocycles. The van der Waals surface area contributed by atoms with Crippen molar-refractivity contribution in [3.63, 3.8) is 0 Å². The molecule has 2 aromatic heterocycles. The second-order valence-corrected chi connectivity index (χ2v) is 5.07. The minimum atomic E-state index is -1.08. The third-order valence-electron chi connectivity index (χ3n) is 2.96. The first-order valence-corrected chi connectivity index (χ1v) is 6.29. The molecule has 3 rings (SSSR count). The van der Waals surface area contributed by atoms with Crippen LogP contribution in [0.25, 0.3) is 10.6 Å². The maximum atomic E-state index is 11.3. The Hall–Kier alpha value is -1.79. The number of hydrogen-bond donors (Lipinski definition) is 1. The van der Waals surface area contributed by atoms with Crippen molar-refractivity contribution >= 4 is 17.3 Å². The molecule has 0 saturated carbocycles. The summed E-state index contributed by atoms with van der Waals surface area (Å²) >= 11 is 1.56. The average Bonchev–Trinajstić information content (AvgIpc) is 2.80. The summed E-state index contributed by atoms with van der Waals surface area (Å²) in [7, 11) is 0. The molecule has 2 aromatic rings. The van der Waals surface area contributed by atoms with Crippen molar-refractivity contribution in [1.29, 1.82) is 0 Å². The highest BCUT2D eigenvalue weighted by Crippen LogP contribution is 2.32. The first-order valence-electron chi connectivity index (χ1n) is 5.41. The van der Waals surface area contributed by atoms with Crippen molar-refractivity contribution in [2.45, 2.75) is 5.41 Å². The Kier molecular flexibility index (Phi) is 2.61. The summed E-state index contributed by atoms with van der Waals surface area (Å²) in [6, 6.07) is 5.66. The second-order valence-electron chi connectivity index (χ2n) is 4.12. The molecule has 6 heteroatoms. The van der Waals surface area contributed by atoms with E-state index in [1.54, 1.807) is 23.6 Å². The largest absolute Gasteiger partial charge is 0.480 e. The lowest BCUT2D eigenvalue weighted by Gasteiger charge is -2.35. The molecule has 18 heavy (non-hydrogen) atoms. The van der Waals surface area contributed by atoms with Gasteiger partial charge in [0.05, 0.1) is 23.8 Å². The molecule has 5 nitrogen and oxygen atoms in total. The number of aliphatic carboxylic acids is 1. The third kappa shape index (κ3) is 1.61. The summed E-state index contributed by atoms with van der Waals surface area (Å²) in [4.78, 5) is 20.8. The fourth-order valence-electron chi connectivity index (χ4n) is 1.81. The Morgan fingerprint density at radius 1 is 1.44 bits per heavy atom. The van der Waals surface area contributed by atoms with E-state index in [4.69, 9.17) is 4.74 Å². The summed E-state index contributed by atoms with van der Waals surface area (Å²) in [6.07, 6.45) is 1.60. The fourth-order valence-corrected chi connectivity index (χ4v) is 2.50. The number of aromatic nitrogens is 2. The number of carboxylic acid groups (broad SMARTS) is 1. The van der Waals surface area contributed by atoms with Crippen molar-refractivity contribution in [2.75, 3.05) is 13.2 Å². The lowest BCUT2D eigenvalue weighted by Crippen LogP contribution is -2.54. The van der Waals surface area contributed by atoms with Crippen molar-refractivity contribution in [3.8, 4) is 10.6 Å². The van der Waals surface area contributed by atoms with Gasteiger partial charge in [0, 0.05) is 6.20 Å². The molecule has 0 atom stereocenters. The number of carboxylic acids is 1. The topological polar surface area (TPSA) is 72.3 Å². The van der Waals surface area contributed by atoms with E-state index in [0.717, 1.165) is 10.6 Å². The molecule has 1 aliphatic heterocycles. The molecule has 0 radical (unpaired) electrons. The molecule has 1 N–H and O–H groups in total. The summed E-state index contributed by atoms with van der Waals surface area (Å²) in [5.74, 6) is -0.607. The van der Waals surface area contributed by atoms with Gasteiger partial charge in [-0.2, -0.15) is 0 Å². The van der Waals surface area contributed by atoms with Crippen LogP contribution in [0.2, 0.25) is 0 Å². The van der Waals surface area contributed by atoms with Crippen LogP contribution in [-0.2, 0) is 14.9 Å². The van der Waals surface area contributed by atoms with Crippen molar-refractivity contribution in [2.24, 2.45) is 0 Å². The van der Waals surface area contributed by atoms with Crippen LogP contribution < -0.4 is 0 Å². The van der Waals surface area contributed by atoms with E-state index in [0.29, 0.717) is 5.82 Å². The first kappa shape index (κ1) is 11.3. The number of ether oxygens (including phenoxy) is 1. The van der Waals surface area contributed by atoms with Gasteiger partial charge < -0.3 is 9.84 Å². The van der Waals surface area contributed by atoms with E-state index in [2.05, 4.69) is 9.97 Å². The van der Waals surface area contributed by atoms with E-state index in [-0.39, 0.29) is 13.2 Å². The maximum Gasteiger partial charge on any atom is 0.322 e. The summed E-state index contributed by atoms with van der Waals surface area (Å²) < 4.78 is 5.03. The Labute approximate surface area is 107 Å². The van der Waals surface area contributed by atoms with Gasteiger partial charge in [0.2, 0.25) is 0 Å². The summed E-state index contributed by atoms with van der Waals surface area (Å²) in [6.45, 7) is 0.270. The highest BCUT2D eigenvalue weighted by atomic mass is 32.1. The zero-order chi connectivity index (χ0) is 12.6. The van der Waals surface area contributed by atoms with Crippen molar-refractivity contribution in [3.05, 3.63) is 35.6 Å². The summed E-state index contributed by atoms with van der Waals surface area (Å²) in [5.41, 5.74) is -0.324. The molecular formula is C12H10N2O3S. The predicted octanol–water partition coefficient (Wildman–Crippen LogP) is 1.56. The molecule has 0 amide bonds. The highest BCUT2D eigenvalue weighted by molar-refractivity contribution is 7.13. The van der Waals surface area contributed by atoms with Gasteiger partial charge in [0.15, 0.2) is 11.2 Å². The maximum absolute atomic E-state index is 11.3. The molecule has 0 bridgehead atoms. The minimum Gasteiger partial charge on any atom is -0.480 e. The van der Waals surface area contributed by atoms with Gasteiger partial charge in [-0.25, -0.2) is 9.97 Å². The average molecular weight is 262 g/mol. The van der Waals surface area contributed by atoms with Crippen molar-refractivity contribution < 1.29 is 14.6 Å². The van der Waals surface area contributed by atoms with E-state index < -0.39 is 11.4 Å². The van der Waals surface area contributed by atoms with Crippen LogP contribution in [0.5, 0.6) is 0 Å². The molecule has 0 unspecified atom stereocenters. The smallest absolute Gasteiger partial charge is 0.322 e. The van der Waals surface area contributed by atoms with E-state index in [9.17, 15) is 9.90 Å². The van der Waals surface area contributed by atoms with Crippen LogP contribution in [0.4, 0.5) is 0 Å². The van der Waals surface area contributed by atoms with E-state index in [1.165, 1.54) is 0 Å². The Bertz CT molecular complexity index is 579. The predicted molar refractivity (Wildman–Crippen MR) is 65.5 cm³/mol. The number of thiophene rings is 1. The van der Waals surface area contributed by atoms with Crippen LogP contribution in [0.1, 0.15) is 5.82 Å². The molecule has 1 saturated heterocycles. The molecule has 1 aliphatic rings. The van der Waals surface area contributed by atoms with Gasteiger partial charge in [-0.1, -0.05) is 6.07 Å². The van der Waals surface area contributed by atoms with Crippen LogP contribution >= 0.6 is 11.3 Å². The minimum absolute atomic E-state index is 0.135.